The van der Waals surface area contributed by atoms with Gasteiger partial charge in [0.2, 0.25) is 0 Å². The summed E-state index contributed by atoms with van der Waals surface area (Å²) >= 11 is 0. The smallest absolute Gasteiger partial charge is 0.317 e. The van der Waals surface area contributed by atoms with Gasteiger partial charge >= 0.3 is 6.03 Å². The molecule has 1 aliphatic heterocycles. The van der Waals surface area contributed by atoms with Gasteiger partial charge in [0.05, 0.1) is 0 Å². The number of hydrogen-bond donors (Lipinski definition) is 1. The monoisotopic (exact) mass is 264 g/mol. The van der Waals surface area contributed by atoms with Crippen molar-refractivity contribution in [1.82, 2.24) is 10.2 Å². The maximum absolute atomic E-state index is 12.9. The third-order valence-electron chi connectivity index (χ3n) is 3.55. The second kappa shape index (κ2) is 6.55. The predicted octanol–water partition coefficient (Wildman–Crippen LogP) is 2.95. The molecule has 2 rings (SSSR count). The van der Waals surface area contributed by atoms with Crippen LogP contribution in [0.1, 0.15) is 31.7 Å². The molecule has 1 fully saturated rings. The molecule has 1 N–H and O–H groups in total. The summed E-state index contributed by atoms with van der Waals surface area (Å²) in [4.78, 5) is 13.9. The van der Waals surface area contributed by atoms with Crippen LogP contribution in [-0.2, 0) is 6.42 Å². The number of urea groups is 1. The number of carbonyl (C=O) groups excluding carboxylic acids is 1. The fourth-order valence-corrected chi connectivity index (χ4v) is 2.54. The van der Waals surface area contributed by atoms with Gasteiger partial charge in [-0.25, -0.2) is 9.18 Å². The molecule has 2 amide bonds. The summed E-state index contributed by atoms with van der Waals surface area (Å²) < 4.78 is 12.9. The highest BCUT2D eigenvalue weighted by molar-refractivity contribution is 5.74. The van der Waals surface area contributed by atoms with Crippen molar-refractivity contribution < 1.29 is 9.18 Å². The van der Waals surface area contributed by atoms with Crippen LogP contribution in [0, 0.1) is 5.82 Å². The molecule has 1 aromatic rings. The van der Waals surface area contributed by atoms with Crippen molar-refractivity contribution >= 4 is 6.03 Å². The van der Waals surface area contributed by atoms with Crippen LogP contribution < -0.4 is 5.32 Å². The van der Waals surface area contributed by atoms with Crippen LogP contribution in [0.5, 0.6) is 0 Å². The normalized spacial score (nSPS) is 18.6. The highest BCUT2D eigenvalue weighted by Gasteiger charge is 2.28. The van der Waals surface area contributed by atoms with E-state index in [0.717, 1.165) is 44.3 Å². The fourth-order valence-electron chi connectivity index (χ4n) is 2.54. The first-order chi connectivity index (χ1) is 9.20. The Morgan fingerprint density at radius 1 is 1.42 bits per heavy atom. The predicted molar refractivity (Wildman–Crippen MR) is 73.5 cm³/mol. The SMILES string of the molecule is CCCNC(=O)N1CCCC1Cc1ccc(F)cc1. The van der Waals surface area contributed by atoms with Crippen molar-refractivity contribution in [3.8, 4) is 0 Å². The summed E-state index contributed by atoms with van der Waals surface area (Å²) in [5.41, 5.74) is 1.08. The van der Waals surface area contributed by atoms with E-state index in [9.17, 15) is 9.18 Å². The molecule has 104 valence electrons. The van der Waals surface area contributed by atoms with E-state index in [2.05, 4.69) is 5.32 Å². The highest BCUT2D eigenvalue weighted by atomic mass is 19.1. The average molecular weight is 264 g/mol. The molecule has 3 nitrogen and oxygen atoms in total. The number of carbonyl (C=O) groups is 1. The molecule has 4 heteroatoms. The molecule has 19 heavy (non-hydrogen) atoms. The van der Waals surface area contributed by atoms with Crippen LogP contribution in [0.3, 0.4) is 0 Å². The Hall–Kier alpha value is -1.58. The second-order valence-electron chi connectivity index (χ2n) is 5.05. The van der Waals surface area contributed by atoms with Gasteiger partial charge in [0.1, 0.15) is 5.82 Å². The molecule has 0 aromatic heterocycles. The van der Waals surface area contributed by atoms with Crippen molar-refractivity contribution in [3.63, 3.8) is 0 Å². The number of hydrogen-bond acceptors (Lipinski definition) is 1. The van der Waals surface area contributed by atoms with E-state index < -0.39 is 0 Å². The molecule has 1 aromatic carbocycles. The lowest BCUT2D eigenvalue weighted by Crippen LogP contribution is -2.43. The van der Waals surface area contributed by atoms with Crippen molar-refractivity contribution in [3.05, 3.63) is 35.6 Å². The number of halogens is 1. The first-order valence-corrected chi connectivity index (χ1v) is 6.99. The van der Waals surface area contributed by atoms with Crippen molar-refractivity contribution in [1.29, 1.82) is 0 Å². The molecule has 0 radical (unpaired) electrons. The van der Waals surface area contributed by atoms with Crippen molar-refractivity contribution in [2.75, 3.05) is 13.1 Å². The molecule has 1 unspecified atom stereocenters. The Morgan fingerprint density at radius 3 is 2.84 bits per heavy atom. The lowest BCUT2D eigenvalue weighted by Gasteiger charge is -2.25. The van der Waals surface area contributed by atoms with Gasteiger partial charge in [0.15, 0.2) is 0 Å². The number of benzene rings is 1. The highest BCUT2D eigenvalue weighted by Crippen LogP contribution is 2.21. The fraction of sp³-hybridized carbons (Fsp3) is 0.533. The van der Waals surface area contributed by atoms with Crippen LogP contribution in [0.2, 0.25) is 0 Å². The lowest BCUT2D eigenvalue weighted by molar-refractivity contribution is 0.192. The first kappa shape index (κ1) is 13.8. The molecule has 0 bridgehead atoms. The topological polar surface area (TPSA) is 32.3 Å². The summed E-state index contributed by atoms with van der Waals surface area (Å²) in [6, 6.07) is 6.83. The van der Waals surface area contributed by atoms with E-state index in [1.807, 2.05) is 11.8 Å². The van der Waals surface area contributed by atoms with E-state index in [4.69, 9.17) is 0 Å². The van der Waals surface area contributed by atoms with E-state index in [0.29, 0.717) is 0 Å². The van der Waals surface area contributed by atoms with Crippen LogP contribution >= 0.6 is 0 Å². The van der Waals surface area contributed by atoms with Crippen LogP contribution in [0.15, 0.2) is 24.3 Å². The molecule has 0 saturated carbocycles. The standard InChI is InChI=1S/C15H21FN2O/c1-2-9-17-15(19)18-10-3-4-14(18)11-12-5-7-13(16)8-6-12/h5-8,14H,2-4,9-11H2,1H3,(H,17,19). The largest absolute Gasteiger partial charge is 0.338 e. The molecule has 1 saturated heterocycles. The molecule has 0 aliphatic carbocycles. The molecular weight excluding hydrogens is 243 g/mol. The molecule has 0 spiro atoms. The van der Waals surface area contributed by atoms with Gasteiger partial charge in [-0.2, -0.15) is 0 Å². The summed E-state index contributed by atoms with van der Waals surface area (Å²) in [5.74, 6) is -0.215. The lowest BCUT2D eigenvalue weighted by atomic mass is 10.0. The van der Waals surface area contributed by atoms with Gasteiger partial charge in [-0.3, -0.25) is 0 Å². The van der Waals surface area contributed by atoms with Gasteiger partial charge < -0.3 is 10.2 Å². The van der Waals surface area contributed by atoms with E-state index in [-0.39, 0.29) is 17.9 Å². The van der Waals surface area contributed by atoms with Crippen LogP contribution in [0.25, 0.3) is 0 Å². The zero-order valence-electron chi connectivity index (χ0n) is 11.4. The molecule has 1 heterocycles. The van der Waals surface area contributed by atoms with E-state index in [1.54, 1.807) is 12.1 Å². The third-order valence-corrected chi connectivity index (χ3v) is 3.55. The Labute approximate surface area is 113 Å². The zero-order valence-corrected chi connectivity index (χ0v) is 11.4. The Balaban J connectivity index is 1.95. The van der Waals surface area contributed by atoms with Crippen molar-refractivity contribution in [2.24, 2.45) is 0 Å². The molecule has 1 aliphatic rings. The number of likely N-dealkylation sites (tertiary alicyclic amines) is 1. The number of nitrogens with zero attached hydrogens (tertiary/aromatic N) is 1. The molecular formula is C15H21FN2O. The van der Waals surface area contributed by atoms with Gasteiger partial charge in [-0.15, -0.1) is 0 Å². The Morgan fingerprint density at radius 2 is 2.16 bits per heavy atom. The van der Waals surface area contributed by atoms with Crippen LogP contribution in [0.4, 0.5) is 9.18 Å². The minimum atomic E-state index is -0.215. The van der Waals surface area contributed by atoms with Gasteiger partial charge in [0, 0.05) is 19.1 Å². The van der Waals surface area contributed by atoms with Gasteiger partial charge in [-0.05, 0) is 43.4 Å². The summed E-state index contributed by atoms with van der Waals surface area (Å²) in [6.07, 6.45) is 3.82. The van der Waals surface area contributed by atoms with E-state index in [1.165, 1.54) is 12.1 Å². The minimum absolute atomic E-state index is 0.0338. The molecule has 1 atom stereocenters. The number of rotatable bonds is 4. The maximum Gasteiger partial charge on any atom is 0.317 e. The summed E-state index contributed by atoms with van der Waals surface area (Å²) in [5, 5.41) is 2.93. The Bertz CT molecular complexity index is 419. The van der Waals surface area contributed by atoms with E-state index >= 15 is 0 Å². The van der Waals surface area contributed by atoms with Gasteiger partial charge in [0.25, 0.3) is 0 Å². The first-order valence-electron chi connectivity index (χ1n) is 6.99. The third kappa shape index (κ3) is 3.69. The summed E-state index contributed by atoms with van der Waals surface area (Å²) in [6.45, 7) is 3.58. The number of amides is 2. The quantitative estimate of drug-likeness (QED) is 0.891. The average Bonchev–Trinajstić information content (AvgIpc) is 2.87. The minimum Gasteiger partial charge on any atom is -0.338 e. The van der Waals surface area contributed by atoms with Crippen LogP contribution in [-0.4, -0.2) is 30.1 Å². The Kier molecular flexibility index (Phi) is 4.77. The number of nitrogens with one attached hydrogen (secondary N) is 1. The maximum atomic E-state index is 12.9. The second-order valence-corrected chi connectivity index (χ2v) is 5.05. The zero-order chi connectivity index (χ0) is 13.7. The van der Waals surface area contributed by atoms with Gasteiger partial charge in [-0.1, -0.05) is 19.1 Å². The van der Waals surface area contributed by atoms with Crippen molar-refractivity contribution in [2.45, 2.75) is 38.6 Å². The summed E-state index contributed by atoms with van der Waals surface area (Å²) in [7, 11) is 0.